The maximum Gasteiger partial charge on any atom is 0.226 e. The van der Waals surface area contributed by atoms with Gasteiger partial charge in [0.2, 0.25) is 5.91 Å². The molecule has 5 heteroatoms. The number of hydrogen-bond donors (Lipinski definition) is 2. The predicted molar refractivity (Wildman–Crippen MR) is 77.3 cm³/mol. The first kappa shape index (κ1) is 14.5. The van der Waals surface area contributed by atoms with E-state index in [0.717, 1.165) is 31.4 Å². The maximum atomic E-state index is 12.0. The van der Waals surface area contributed by atoms with Crippen molar-refractivity contribution in [2.24, 2.45) is 5.16 Å². The summed E-state index contributed by atoms with van der Waals surface area (Å²) in [6, 6.07) is 7.24. The highest BCUT2D eigenvalue weighted by Gasteiger charge is 2.17. The molecule has 0 aromatic heterocycles. The lowest BCUT2D eigenvalue weighted by atomic mass is 10.1. The van der Waals surface area contributed by atoms with E-state index in [1.54, 1.807) is 13.0 Å². The molecular formula is C15H20N2O3. The van der Waals surface area contributed by atoms with Gasteiger partial charge in [-0.05, 0) is 38.3 Å². The van der Waals surface area contributed by atoms with E-state index in [-0.39, 0.29) is 12.0 Å². The van der Waals surface area contributed by atoms with Gasteiger partial charge >= 0.3 is 0 Å². The van der Waals surface area contributed by atoms with Gasteiger partial charge in [-0.15, -0.1) is 0 Å². The van der Waals surface area contributed by atoms with Crippen LogP contribution in [0.4, 0.5) is 5.69 Å². The monoisotopic (exact) mass is 276 g/mol. The number of nitrogens with one attached hydrogen (secondary N) is 1. The molecular weight excluding hydrogens is 256 g/mol. The molecule has 1 aliphatic heterocycles. The fourth-order valence-electron chi connectivity index (χ4n) is 2.27. The second-order valence-corrected chi connectivity index (χ2v) is 5.01. The summed E-state index contributed by atoms with van der Waals surface area (Å²) in [5.74, 6) is -0.0485. The Morgan fingerprint density at radius 2 is 2.35 bits per heavy atom. The number of hydrogen-bond acceptors (Lipinski definition) is 4. The minimum Gasteiger partial charge on any atom is -0.411 e. The minimum atomic E-state index is -0.0485. The minimum absolute atomic E-state index is 0.0349. The van der Waals surface area contributed by atoms with Gasteiger partial charge in [0, 0.05) is 17.9 Å². The van der Waals surface area contributed by atoms with Gasteiger partial charge in [0.25, 0.3) is 0 Å². The summed E-state index contributed by atoms with van der Waals surface area (Å²) in [5.41, 5.74) is 1.99. The van der Waals surface area contributed by atoms with Crippen LogP contribution in [-0.4, -0.2) is 29.5 Å². The Balaban J connectivity index is 1.93. The first-order chi connectivity index (χ1) is 9.69. The van der Waals surface area contributed by atoms with Crippen molar-refractivity contribution in [2.45, 2.75) is 38.7 Å². The van der Waals surface area contributed by atoms with Crippen LogP contribution in [-0.2, 0) is 9.53 Å². The van der Waals surface area contributed by atoms with E-state index in [1.807, 2.05) is 18.2 Å². The largest absolute Gasteiger partial charge is 0.411 e. The van der Waals surface area contributed by atoms with E-state index >= 15 is 0 Å². The number of benzene rings is 1. The molecule has 1 atom stereocenters. The Labute approximate surface area is 118 Å². The zero-order valence-electron chi connectivity index (χ0n) is 11.6. The van der Waals surface area contributed by atoms with Gasteiger partial charge in [-0.3, -0.25) is 4.79 Å². The standard InChI is InChI=1S/C15H20N2O3/c1-11(17-19)12-5-4-6-13(9-12)16-15(18)10-14-7-2-3-8-20-14/h4-6,9,14,19H,2-3,7-8,10H2,1H3,(H,16,18)/b17-11-. The predicted octanol–water partition coefficient (Wildman–Crippen LogP) is 2.78. The van der Waals surface area contributed by atoms with Crippen molar-refractivity contribution in [2.75, 3.05) is 11.9 Å². The molecule has 5 nitrogen and oxygen atoms in total. The van der Waals surface area contributed by atoms with Gasteiger partial charge in [-0.1, -0.05) is 17.3 Å². The van der Waals surface area contributed by atoms with Crippen LogP contribution in [0.25, 0.3) is 0 Å². The van der Waals surface area contributed by atoms with Gasteiger partial charge < -0.3 is 15.3 Å². The van der Waals surface area contributed by atoms with Crippen LogP contribution in [0, 0.1) is 0 Å². The summed E-state index contributed by atoms with van der Waals surface area (Å²) in [5, 5.41) is 14.8. The highest BCUT2D eigenvalue weighted by molar-refractivity contribution is 6.00. The van der Waals surface area contributed by atoms with Crippen molar-refractivity contribution >= 4 is 17.3 Å². The number of amides is 1. The Bertz CT molecular complexity index is 494. The summed E-state index contributed by atoms with van der Waals surface area (Å²) >= 11 is 0. The molecule has 1 heterocycles. The van der Waals surface area contributed by atoms with Crippen LogP contribution < -0.4 is 5.32 Å². The molecule has 1 aromatic rings. The van der Waals surface area contributed by atoms with E-state index in [4.69, 9.17) is 9.94 Å². The number of ether oxygens (including phenoxy) is 1. The van der Waals surface area contributed by atoms with Crippen LogP contribution in [0.5, 0.6) is 0 Å². The Morgan fingerprint density at radius 3 is 3.05 bits per heavy atom. The lowest BCUT2D eigenvalue weighted by molar-refractivity contribution is -0.119. The number of carbonyl (C=O) groups excluding carboxylic acids is 1. The number of rotatable bonds is 4. The quantitative estimate of drug-likeness (QED) is 0.504. The number of carbonyl (C=O) groups is 1. The number of anilines is 1. The van der Waals surface area contributed by atoms with Crippen molar-refractivity contribution in [3.63, 3.8) is 0 Å². The lowest BCUT2D eigenvalue weighted by Crippen LogP contribution is -2.25. The fourth-order valence-corrected chi connectivity index (χ4v) is 2.27. The molecule has 1 fully saturated rings. The molecule has 20 heavy (non-hydrogen) atoms. The van der Waals surface area contributed by atoms with E-state index in [2.05, 4.69) is 10.5 Å². The van der Waals surface area contributed by atoms with Crippen LogP contribution >= 0.6 is 0 Å². The van der Waals surface area contributed by atoms with Gasteiger partial charge in [0.15, 0.2) is 0 Å². The van der Waals surface area contributed by atoms with E-state index in [9.17, 15) is 4.79 Å². The van der Waals surface area contributed by atoms with Crippen LogP contribution in [0.1, 0.15) is 38.2 Å². The van der Waals surface area contributed by atoms with E-state index in [1.165, 1.54) is 0 Å². The molecule has 0 spiro atoms. The van der Waals surface area contributed by atoms with Gasteiger partial charge in [-0.2, -0.15) is 0 Å². The SMILES string of the molecule is C/C(=N/O)c1cccc(NC(=O)CC2CCCCO2)c1. The molecule has 0 aliphatic carbocycles. The molecule has 1 amide bonds. The summed E-state index contributed by atoms with van der Waals surface area (Å²) in [6.45, 7) is 2.45. The normalized spacial score (nSPS) is 19.6. The maximum absolute atomic E-state index is 12.0. The first-order valence-electron chi connectivity index (χ1n) is 6.89. The second-order valence-electron chi connectivity index (χ2n) is 5.01. The highest BCUT2D eigenvalue weighted by atomic mass is 16.5. The van der Waals surface area contributed by atoms with E-state index in [0.29, 0.717) is 17.8 Å². The van der Waals surface area contributed by atoms with Crippen LogP contribution in [0.2, 0.25) is 0 Å². The highest BCUT2D eigenvalue weighted by Crippen LogP contribution is 2.17. The zero-order valence-corrected chi connectivity index (χ0v) is 11.6. The van der Waals surface area contributed by atoms with Gasteiger partial charge in [0.1, 0.15) is 0 Å². The average molecular weight is 276 g/mol. The Morgan fingerprint density at radius 1 is 1.50 bits per heavy atom. The average Bonchev–Trinajstić information content (AvgIpc) is 2.47. The molecule has 2 rings (SSSR count). The summed E-state index contributed by atoms with van der Waals surface area (Å²) in [7, 11) is 0. The topological polar surface area (TPSA) is 70.9 Å². The van der Waals surface area contributed by atoms with Crippen molar-refractivity contribution in [1.82, 2.24) is 0 Å². The second kappa shape index (κ2) is 7.05. The van der Waals surface area contributed by atoms with Crippen LogP contribution in [0.15, 0.2) is 29.4 Å². The molecule has 1 saturated heterocycles. The van der Waals surface area contributed by atoms with Crippen molar-refractivity contribution in [3.8, 4) is 0 Å². The Hall–Kier alpha value is -1.88. The molecule has 1 unspecified atom stereocenters. The molecule has 2 N–H and O–H groups in total. The first-order valence-corrected chi connectivity index (χ1v) is 6.89. The molecule has 108 valence electrons. The van der Waals surface area contributed by atoms with Gasteiger partial charge in [0.05, 0.1) is 18.2 Å². The number of nitrogens with zero attached hydrogens (tertiary/aromatic N) is 1. The van der Waals surface area contributed by atoms with Crippen molar-refractivity contribution in [3.05, 3.63) is 29.8 Å². The zero-order chi connectivity index (χ0) is 14.4. The smallest absolute Gasteiger partial charge is 0.226 e. The molecule has 0 saturated carbocycles. The Kier molecular flexibility index (Phi) is 5.12. The van der Waals surface area contributed by atoms with Crippen molar-refractivity contribution < 1.29 is 14.7 Å². The molecule has 1 aliphatic rings. The summed E-state index contributed by atoms with van der Waals surface area (Å²) in [4.78, 5) is 12.0. The third-order valence-corrected chi connectivity index (χ3v) is 3.40. The third-order valence-electron chi connectivity index (χ3n) is 3.40. The molecule has 0 bridgehead atoms. The molecule has 0 radical (unpaired) electrons. The lowest BCUT2D eigenvalue weighted by Gasteiger charge is -2.21. The molecule has 1 aromatic carbocycles. The fraction of sp³-hybridized carbons (Fsp3) is 0.467. The third kappa shape index (κ3) is 4.06. The van der Waals surface area contributed by atoms with Crippen LogP contribution in [0.3, 0.4) is 0 Å². The number of oxime groups is 1. The summed E-state index contributed by atoms with van der Waals surface area (Å²) < 4.78 is 5.55. The van der Waals surface area contributed by atoms with Gasteiger partial charge in [-0.25, -0.2) is 0 Å². The van der Waals surface area contributed by atoms with Crippen molar-refractivity contribution in [1.29, 1.82) is 0 Å². The van der Waals surface area contributed by atoms with E-state index < -0.39 is 0 Å². The summed E-state index contributed by atoms with van der Waals surface area (Å²) in [6.07, 6.45) is 3.58.